The Labute approximate surface area is 93.1 Å². The van der Waals surface area contributed by atoms with Crippen molar-refractivity contribution in [1.29, 1.82) is 0 Å². The molecule has 0 spiro atoms. The van der Waals surface area contributed by atoms with Crippen LogP contribution < -0.4 is 5.32 Å². The summed E-state index contributed by atoms with van der Waals surface area (Å²) in [6, 6.07) is 4.97. The number of nitrogens with zero attached hydrogens (tertiary/aromatic N) is 3. The molecule has 0 unspecified atom stereocenters. The van der Waals surface area contributed by atoms with Gasteiger partial charge in [-0.05, 0) is 19.1 Å². The number of anilines is 1. The molecule has 2 rings (SSSR count). The second-order valence-corrected chi connectivity index (χ2v) is 3.62. The predicted octanol–water partition coefficient (Wildman–Crippen LogP) is 1.87. The SMILES string of the molecule is Cc1c(F)cccc1NCc1nncn1C. The Morgan fingerprint density at radius 1 is 1.44 bits per heavy atom. The van der Waals surface area contributed by atoms with E-state index in [1.807, 2.05) is 17.7 Å². The van der Waals surface area contributed by atoms with Crippen LogP contribution in [0.25, 0.3) is 0 Å². The number of benzene rings is 1. The van der Waals surface area contributed by atoms with Gasteiger partial charge in [-0.25, -0.2) is 4.39 Å². The van der Waals surface area contributed by atoms with Crippen LogP contribution in [0.5, 0.6) is 0 Å². The summed E-state index contributed by atoms with van der Waals surface area (Å²) in [5.41, 5.74) is 1.40. The summed E-state index contributed by atoms with van der Waals surface area (Å²) < 4.78 is 15.1. The van der Waals surface area contributed by atoms with Crippen molar-refractivity contribution in [3.05, 3.63) is 41.7 Å². The fourth-order valence-corrected chi connectivity index (χ4v) is 1.44. The van der Waals surface area contributed by atoms with Crippen molar-refractivity contribution in [2.75, 3.05) is 5.32 Å². The molecular weight excluding hydrogens is 207 g/mol. The summed E-state index contributed by atoms with van der Waals surface area (Å²) >= 11 is 0. The average molecular weight is 220 g/mol. The van der Waals surface area contributed by atoms with Crippen molar-refractivity contribution in [3.8, 4) is 0 Å². The van der Waals surface area contributed by atoms with Gasteiger partial charge in [-0.1, -0.05) is 6.07 Å². The Balaban J connectivity index is 2.11. The average Bonchev–Trinajstić information content (AvgIpc) is 2.67. The third-order valence-corrected chi connectivity index (χ3v) is 2.51. The number of nitrogens with one attached hydrogen (secondary N) is 1. The fraction of sp³-hybridized carbons (Fsp3) is 0.273. The maximum Gasteiger partial charge on any atom is 0.151 e. The number of halogens is 1. The maximum atomic E-state index is 13.3. The molecule has 4 nitrogen and oxygen atoms in total. The van der Waals surface area contributed by atoms with Crippen LogP contribution in [-0.2, 0) is 13.6 Å². The minimum atomic E-state index is -0.206. The molecule has 0 radical (unpaired) electrons. The van der Waals surface area contributed by atoms with E-state index in [4.69, 9.17) is 0 Å². The molecule has 2 aromatic rings. The van der Waals surface area contributed by atoms with Crippen LogP contribution in [0, 0.1) is 12.7 Å². The lowest BCUT2D eigenvalue weighted by molar-refractivity contribution is 0.619. The van der Waals surface area contributed by atoms with Crippen LogP contribution in [0.15, 0.2) is 24.5 Å². The highest BCUT2D eigenvalue weighted by Gasteiger charge is 2.04. The Bertz CT molecular complexity index is 492. The van der Waals surface area contributed by atoms with Gasteiger partial charge >= 0.3 is 0 Å². The van der Waals surface area contributed by atoms with Crippen LogP contribution in [0.4, 0.5) is 10.1 Å². The first kappa shape index (κ1) is 10.6. The van der Waals surface area contributed by atoms with Gasteiger partial charge in [-0.2, -0.15) is 0 Å². The van der Waals surface area contributed by atoms with Gasteiger partial charge in [-0.3, -0.25) is 0 Å². The molecule has 0 aliphatic carbocycles. The lowest BCUT2D eigenvalue weighted by Gasteiger charge is -2.09. The van der Waals surface area contributed by atoms with E-state index in [9.17, 15) is 4.39 Å². The first-order chi connectivity index (χ1) is 7.68. The Kier molecular flexibility index (Phi) is 2.85. The molecule has 16 heavy (non-hydrogen) atoms. The summed E-state index contributed by atoms with van der Waals surface area (Å²) in [4.78, 5) is 0. The van der Waals surface area contributed by atoms with Gasteiger partial charge in [0.15, 0.2) is 5.82 Å². The van der Waals surface area contributed by atoms with E-state index < -0.39 is 0 Å². The van der Waals surface area contributed by atoms with Gasteiger partial charge in [0.05, 0.1) is 6.54 Å². The predicted molar refractivity (Wildman–Crippen MR) is 59.5 cm³/mol. The van der Waals surface area contributed by atoms with E-state index in [-0.39, 0.29) is 5.82 Å². The van der Waals surface area contributed by atoms with Gasteiger partial charge in [0.2, 0.25) is 0 Å². The smallest absolute Gasteiger partial charge is 0.151 e. The van der Waals surface area contributed by atoms with Crippen molar-refractivity contribution in [1.82, 2.24) is 14.8 Å². The van der Waals surface area contributed by atoms with Crippen molar-refractivity contribution >= 4 is 5.69 Å². The van der Waals surface area contributed by atoms with E-state index in [1.165, 1.54) is 6.07 Å². The minimum absolute atomic E-state index is 0.206. The molecule has 5 heteroatoms. The van der Waals surface area contributed by atoms with E-state index in [2.05, 4.69) is 15.5 Å². The lowest BCUT2D eigenvalue weighted by Crippen LogP contribution is -2.07. The normalized spacial score (nSPS) is 10.4. The summed E-state index contributed by atoms with van der Waals surface area (Å²) in [5.74, 6) is 0.603. The number of hydrogen-bond donors (Lipinski definition) is 1. The molecule has 1 aromatic heterocycles. The molecule has 84 valence electrons. The Hall–Kier alpha value is -1.91. The number of rotatable bonds is 3. The van der Waals surface area contributed by atoms with E-state index in [0.29, 0.717) is 12.1 Å². The third kappa shape index (κ3) is 2.03. The van der Waals surface area contributed by atoms with Gasteiger partial charge in [0.25, 0.3) is 0 Å². The van der Waals surface area contributed by atoms with Crippen molar-refractivity contribution in [2.45, 2.75) is 13.5 Å². The summed E-state index contributed by atoms with van der Waals surface area (Å²) in [7, 11) is 1.87. The van der Waals surface area contributed by atoms with Crippen molar-refractivity contribution in [3.63, 3.8) is 0 Å². The molecular formula is C11H13FN4. The van der Waals surface area contributed by atoms with Crippen LogP contribution in [0.2, 0.25) is 0 Å². The lowest BCUT2D eigenvalue weighted by atomic mass is 10.2. The zero-order chi connectivity index (χ0) is 11.5. The highest BCUT2D eigenvalue weighted by atomic mass is 19.1. The van der Waals surface area contributed by atoms with Gasteiger partial charge in [-0.15, -0.1) is 10.2 Å². The van der Waals surface area contributed by atoms with E-state index in [1.54, 1.807) is 19.3 Å². The molecule has 0 bridgehead atoms. The highest BCUT2D eigenvalue weighted by molar-refractivity contribution is 5.50. The topological polar surface area (TPSA) is 42.7 Å². The molecule has 0 aliphatic rings. The van der Waals surface area contributed by atoms with Crippen LogP contribution >= 0.6 is 0 Å². The molecule has 0 amide bonds. The number of aryl methyl sites for hydroxylation is 1. The summed E-state index contributed by atoms with van der Waals surface area (Å²) in [5, 5.41) is 10.8. The zero-order valence-electron chi connectivity index (χ0n) is 9.24. The fourth-order valence-electron chi connectivity index (χ4n) is 1.44. The molecule has 1 aromatic carbocycles. The second kappa shape index (κ2) is 4.30. The number of aromatic nitrogens is 3. The molecule has 0 saturated heterocycles. The molecule has 0 atom stereocenters. The first-order valence-electron chi connectivity index (χ1n) is 5.00. The van der Waals surface area contributed by atoms with Crippen LogP contribution in [0.1, 0.15) is 11.4 Å². The van der Waals surface area contributed by atoms with Crippen LogP contribution in [-0.4, -0.2) is 14.8 Å². The van der Waals surface area contributed by atoms with Gasteiger partial charge in [0, 0.05) is 18.3 Å². The van der Waals surface area contributed by atoms with Gasteiger partial charge < -0.3 is 9.88 Å². The van der Waals surface area contributed by atoms with E-state index in [0.717, 1.165) is 11.5 Å². The summed E-state index contributed by atoms with van der Waals surface area (Å²) in [6.45, 7) is 2.27. The minimum Gasteiger partial charge on any atom is -0.377 e. The molecule has 0 saturated carbocycles. The monoisotopic (exact) mass is 220 g/mol. The maximum absolute atomic E-state index is 13.3. The van der Waals surface area contributed by atoms with Crippen molar-refractivity contribution in [2.24, 2.45) is 7.05 Å². The highest BCUT2D eigenvalue weighted by Crippen LogP contribution is 2.17. The first-order valence-corrected chi connectivity index (χ1v) is 5.00. The van der Waals surface area contributed by atoms with E-state index >= 15 is 0 Å². The second-order valence-electron chi connectivity index (χ2n) is 3.62. The Morgan fingerprint density at radius 2 is 2.25 bits per heavy atom. The molecule has 1 N–H and O–H groups in total. The number of hydrogen-bond acceptors (Lipinski definition) is 3. The zero-order valence-corrected chi connectivity index (χ0v) is 9.24. The quantitative estimate of drug-likeness (QED) is 0.858. The summed E-state index contributed by atoms with van der Waals surface area (Å²) in [6.07, 6.45) is 1.63. The van der Waals surface area contributed by atoms with Crippen LogP contribution in [0.3, 0.4) is 0 Å². The van der Waals surface area contributed by atoms with Crippen molar-refractivity contribution < 1.29 is 4.39 Å². The molecule has 0 aliphatic heterocycles. The molecule has 0 fully saturated rings. The largest absolute Gasteiger partial charge is 0.377 e. The Morgan fingerprint density at radius 3 is 2.94 bits per heavy atom. The third-order valence-electron chi connectivity index (χ3n) is 2.51. The van der Waals surface area contributed by atoms with Gasteiger partial charge in [0.1, 0.15) is 12.1 Å². The standard InChI is InChI=1S/C11H13FN4/c1-8-9(12)4-3-5-10(8)13-6-11-15-14-7-16(11)2/h3-5,7,13H,6H2,1-2H3. The molecule has 1 heterocycles.